The van der Waals surface area contributed by atoms with E-state index in [9.17, 15) is 10.2 Å². The van der Waals surface area contributed by atoms with Crippen LogP contribution in [-0.2, 0) is 15.9 Å². The summed E-state index contributed by atoms with van der Waals surface area (Å²) in [6.07, 6.45) is 3.98. The molecule has 37 heavy (non-hydrogen) atoms. The summed E-state index contributed by atoms with van der Waals surface area (Å²) in [6.45, 7) is 23.7. The molecule has 1 aromatic rings. The third-order valence-electron chi connectivity index (χ3n) is 8.11. The molecule has 0 saturated carbocycles. The molecule has 0 radical (unpaired) electrons. The summed E-state index contributed by atoms with van der Waals surface area (Å²) in [7, 11) is 0. The summed E-state index contributed by atoms with van der Waals surface area (Å²) < 4.78 is 11.6. The third kappa shape index (κ3) is 7.00. The molecule has 3 aliphatic rings. The number of aromatic hydroxyl groups is 1. The van der Waals surface area contributed by atoms with E-state index in [1.807, 2.05) is 12.1 Å². The molecule has 6 nitrogen and oxygen atoms in total. The molecule has 0 aliphatic carbocycles. The van der Waals surface area contributed by atoms with Crippen LogP contribution in [0.25, 0.3) is 0 Å². The molecule has 2 fully saturated rings. The topological polar surface area (TPSA) is 65.4 Å². The Balaban J connectivity index is 0.000000206. The molecule has 5 unspecified atom stereocenters. The first-order chi connectivity index (χ1) is 17.1. The van der Waals surface area contributed by atoms with Crippen molar-refractivity contribution < 1.29 is 19.7 Å². The lowest BCUT2D eigenvalue weighted by atomic mass is 9.80. The van der Waals surface area contributed by atoms with Gasteiger partial charge in [0.15, 0.2) is 0 Å². The lowest BCUT2D eigenvalue weighted by molar-refractivity contribution is 0.0167. The summed E-state index contributed by atoms with van der Waals surface area (Å²) in [5, 5.41) is 19.4. The summed E-state index contributed by atoms with van der Waals surface area (Å²) in [4.78, 5) is 5.06. The van der Waals surface area contributed by atoms with Crippen molar-refractivity contribution in [3.05, 3.63) is 23.8 Å². The third-order valence-corrected chi connectivity index (χ3v) is 8.11. The molecule has 0 aromatic heterocycles. The molecule has 3 heterocycles. The maximum Gasteiger partial charge on any atom is 0.116 e. The highest BCUT2D eigenvalue weighted by Crippen LogP contribution is 2.49. The summed E-state index contributed by atoms with van der Waals surface area (Å²) in [5.41, 5.74) is 2.69. The second-order valence-electron chi connectivity index (χ2n) is 13.8. The van der Waals surface area contributed by atoms with E-state index in [-0.39, 0.29) is 23.3 Å². The van der Waals surface area contributed by atoms with Crippen LogP contribution >= 0.6 is 0 Å². The predicted molar refractivity (Wildman–Crippen MR) is 152 cm³/mol. The van der Waals surface area contributed by atoms with Crippen molar-refractivity contribution in [1.82, 2.24) is 4.90 Å². The number of benzene rings is 1. The van der Waals surface area contributed by atoms with E-state index in [0.29, 0.717) is 42.3 Å². The molecule has 4 rings (SSSR count). The lowest BCUT2D eigenvalue weighted by Gasteiger charge is -2.39. The van der Waals surface area contributed by atoms with Gasteiger partial charge in [-0.3, -0.25) is 4.90 Å². The molecular formula is C31H54N2O4. The second kappa shape index (κ2) is 11.8. The van der Waals surface area contributed by atoms with Crippen LogP contribution in [0.2, 0.25) is 0 Å². The molecule has 212 valence electrons. The molecule has 6 heteroatoms. The number of nitrogens with zero attached hydrogens (tertiary/aromatic N) is 2. The fourth-order valence-corrected chi connectivity index (χ4v) is 6.93. The van der Waals surface area contributed by atoms with Gasteiger partial charge in [-0.05, 0) is 112 Å². The number of aliphatic hydroxyl groups excluding tert-OH is 1. The van der Waals surface area contributed by atoms with E-state index in [0.717, 1.165) is 19.6 Å². The number of anilines is 1. The van der Waals surface area contributed by atoms with Crippen molar-refractivity contribution in [3.63, 3.8) is 0 Å². The van der Waals surface area contributed by atoms with E-state index >= 15 is 0 Å². The van der Waals surface area contributed by atoms with E-state index < -0.39 is 0 Å². The van der Waals surface area contributed by atoms with Crippen molar-refractivity contribution in [1.29, 1.82) is 0 Å². The number of fused-ring (bicyclic) bond motifs is 3. The average Bonchev–Trinajstić information content (AvgIpc) is 3.44. The van der Waals surface area contributed by atoms with Gasteiger partial charge in [-0.1, -0.05) is 0 Å². The molecule has 0 spiro atoms. The summed E-state index contributed by atoms with van der Waals surface area (Å²) >= 11 is 0. The molecule has 1 aromatic carbocycles. The number of aliphatic hydroxyl groups is 1. The minimum atomic E-state index is 0.0488. The second-order valence-corrected chi connectivity index (χ2v) is 13.8. The molecule has 2 saturated heterocycles. The van der Waals surface area contributed by atoms with Crippen LogP contribution in [0.15, 0.2) is 18.2 Å². The number of phenolic OH excluding ortho intramolecular Hbond substituents is 1. The van der Waals surface area contributed by atoms with Gasteiger partial charge in [-0.2, -0.15) is 0 Å². The Morgan fingerprint density at radius 2 is 1.43 bits per heavy atom. The fraction of sp³-hybridized carbons (Fsp3) is 0.806. The molecule has 0 amide bonds. The zero-order valence-corrected chi connectivity index (χ0v) is 25.1. The number of phenols is 1. The smallest absolute Gasteiger partial charge is 0.116 e. The lowest BCUT2D eigenvalue weighted by Crippen LogP contribution is -2.48. The summed E-state index contributed by atoms with van der Waals surface area (Å²) in [6, 6.07) is 7.17. The minimum absolute atomic E-state index is 0.0488. The molecule has 3 aliphatic heterocycles. The zero-order valence-electron chi connectivity index (χ0n) is 25.1. The maximum atomic E-state index is 9.73. The number of hydrogen-bond donors (Lipinski definition) is 2. The van der Waals surface area contributed by atoms with Crippen molar-refractivity contribution >= 4 is 5.69 Å². The van der Waals surface area contributed by atoms with E-state index in [2.05, 4.69) is 79.0 Å². The number of rotatable bonds is 7. The van der Waals surface area contributed by atoms with Crippen LogP contribution < -0.4 is 4.90 Å². The summed E-state index contributed by atoms with van der Waals surface area (Å²) in [5.74, 6) is 1.26. The first-order valence-electron chi connectivity index (χ1n) is 14.4. The maximum absolute atomic E-state index is 9.73. The van der Waals surface area contributed by atoms with Crippen molar-refractivity contribution in [2.75, 3.05) is 24.7 Å². The highest BCUT2D eigenvalue weighted by atomic mass is 16.5. The quantitative estimate of drug-likeness (QED) is 0.488. The molecule has 2 N–H and O–H groups in total. The fourth-order valence-electron chi connectivity index (χ4n) is 6.93. The van der Waals surface area contributed by atoms with Gasteiger partial charge in [0.25, 0.3) is 0 Å². The molecule has 5 atom stereocenters. The van der Waals surface area contributed by atoms with E-state index in [1.165, 1.54) is 24.1 Å². The Labute approximate surface area is 226 Å². The predicted octanol–water partition coefficient (Wildman–Crippen LogP) is 5.63. The van der Waals surface area contributed by atoms with Crippen molar-refractivity contribution in [2.45, 2.75) is 130 Å². The molecular weight excluding hydrogens is 464 g/mol. The highest BCUT2D eigenvalue weighted by molar-refractivity contribution is 5.63. The van der Waals surface area contributed by atoms with Crippen LogP contribution in [0.4, 0.5) is 5.69 Å². The Kier molecular flexibility index (Phi) is 9.64. The van der Waals surface area contributed by atoms with Gasteiger partial charge in [0.1, 0.15) is 5.75 Å². The SMILES string of the molecule is CC(C)OCC1C(CO)C2CCC1N2C(C)(C)C.CC(C)OCC1Cc2cc(O)ccc2N1C(C)(C)C. The van der Waals surface area contributed by atoms with Crippen molar-refractivity contribution in [2.24, 2.45) is 11.8 Å². The van der Waals surface area contributed by atoms with E-state index in [4.69, 9.17) is 9.47 Å². The van der Waals surface area contributed by atoms with Crippen molar-refractivity contribution in [3.8, 4) is 5.75 Å². The van der Waals surface area contributed by atoms with Crippen LogP contribution in [-0.4, -0.2) is 76.3 Å². The van der Waals surface area contributed by atoms with Crippen LogP contribution in [0, 0.1) is 11.8 Å². The van der Waals surface area contributed by atoms with Crippen LogP contribution in [0.1, 0.15) is 87.6 Å². The minimum Gasteiger partial charge on any atom is -0.508 e. The standard InChI is InChI=1S/C16H25NO2.C15H29NO2/c1-11(2)19-10-13-8-12-9-14(18)6-7-15(12)17(13)16(3,4)5;1-10(2)18-9-12-11(8-17)13-6-7-14(12)16(13)15(3,4)5/h6-7,9,11,13,18H,8,10H2,1-5H3;10-14,17H,6-9H2,1-5H3. The Bertz CT molecular complexity index is 873. The van der Waals surface area contributed by atoms with Gasteiger partial charge >= 0.3 is 0 Å². The van der Waals surface area contributed by atoms with Gasteiger partial charge in [0, 0.05) is 47.3 Å². The monoisotopic (exact) mass is 518 g/mol. The first kappa shape index (κ1) is 30.2. The van der Waals surface area contributed by atoms with Gasteiger partial charge in [-0.25, -0.2) is 0 Å². The van der Waals surface area contributed by atoms with Crippen LogP contribution in [0.5, 0.6) is 5.75 Å². The first-order valence-corrected chi connectivity index (χ1v) is 14.4. The zero-order chi connectivity index (χ0) is 27.7. The van der Waals surface area contributed by atoms with Gasteiger partial charge in [-0.15, -0.1) is 0 Å². The Hall–Kier alpha value is -1.34. The Morgan fingerprint density at radius 1 is 0.865 bits per heavy atom. The van der Waals surface area contributed by atoms with Gasteiger partial charge in [0.05, 0.1) is 31.5 Å². The normalized spacial score (nSPS) is 27.7. The number of ether oxygens (including phenoxy) is 2. The largest absolute Gasteiger partial charge is 0.508 e. The molecule has 2 bridgehead atoms. The van der Waals surface area contributed by atoms with Gasteiger partial charge < -0.3 is 24.6 Å². The van der Waals surface area contributed by atoms with Gasteiger partial charge in [0.2, 0.25) is 0 Å². The highest BCUT2D eigenvalue weighted by Gasteiger charge is 2.55. The van der Waals surface area contributed by atoms with E-state index in [1.54, 1.807) is 6.07 Å². The Morgan fingerprint density at radius 3 is 1.95 bits per heavy atom. The number of hydrogen-bond acceptors (Lipinski definition) is 6. The average molecular weight is 519 g/mol. The van der Waals surface area contributed by atoms with Crippen LogP contribution in [0.3, 0.4) is 0 Å².